The van der Waals surface area contributed by atoms with Gasteiger partial charge in [-0.25, -0.2) is 0 Å². The Hall–Kier alpha value is -1.04. The number of hydrogen-bond donors (Lipinski definition) is 0. The predicted octanol–water partition coefficient (Wildman–Crippen LogP) is 3.42. The van der Waals surface area contributed by atoms with Crippen molar-refractivity contribution in [1.82, 2.24) is 0 Å². The average molecular weight is 146 g/mol. The Kier molecular flexibility index (Phi) is 2.48. The first-order valence-corrected chi connectivity index (χ1v) is 3.99. The zero-order valence-corrected chi connectivity index (χ0v) is 7.22. The third-order valence-corrected chi connectivity index (χ3v) is 1.95. The molecule has 0 saturated heterocycles. The van der Waals surface area contributed by atoms with Gasteiger partial charge in [0.1, 0.15) is 0 Å². The predicted molar refractivity (Wildman–Crippen MR) is 50.5 cm³/mol. The van der Waals surface area contributed by atoms with E-state index < -0.39 is 0 Å². The Balaban J connectivity index is 3.03. The first kappa shape index (κ1) is 8.06. The van der Waals surface area contributed by atoms with Gasteiger partial charge in [-0.15, -0.1) is 0 Å². The zero-order valence-electron chi connectivity index (χ0n) is 7.22. The molecule has 0 radical (unpaired) electrons. The molecule has 0 aliphatic rings. The Labute approximate surface area is 68.6 Å². The molecule has 0 fully saturated rings. The van der Waals surface area contributed by atoms with Crippen molar-refractivity contribution in [3.8, 4) is 0 Å². The Morgan fingerprint density at radius 2 is 2.00 bits per heavy atom. The van der Waals surface area contributed by atoms with Gasteiger partial charge >= 0.3 is 0 Å². The van der Waals surface area contributed by atoms with E-state index in [-0.39, 0.29) is 0 Å². The molecular weight excluding hydrogens is 132 g/mol. The number of allylic oxidation sites excluding steroid dienone is 1. The summed E-state index contributed by atoms with van der Waals surface area (Å²) in [5.74, 6) is 0. The van der Waals surface area contributed by atoms with Crippen LogP contribution in [-0.4, -0.2) is 0 Å². The van der Waals surface area contributed by atoms with Crippen molar-refractivity contribution in [2.24, 2.45) is 0 Å². The highest BCUT2D eigenvalue weighted by atomic mass is 14.0. The fourth-order valence-electron chi connectivity index (χ4n) is 1.16. The van der Waals surface area contributed by atoms with Crippen LogP contribution in [0.2, 0.25) is 0 Å². The van der Waals surface area contributed by atoms with Gasteiger partial charge < -0.3 is 0 Å². The van der Waals surface area contributed by atoms with E-state index >= 15 is 0 Å². The molecule has 0 aliphatic heterocycles. The van der Waals surface area contributed by atoms with Gasteiger partial charge in [0.2, 0.25) is 0 Å². The standard InChI is InChI=1S/C11H14/c1-4-9(2)11-8-6-5-7-10(11)3/h5-8H,2,4H2,1,3H3. The van der Waals surface area contributed by atoms with Gasteiger partial charge in [-0.2, -0.15) is 0 Å². The molecule has 0 heteroatoms. The molecule has 0 bridgehead atoms. The molecule has 0 heterocycles. The van der Waals surface area contributed by atoms with E-state index in [1.165, 1.54) is 16.7 Å². The van der Waals surface area contributed by atoms with Crippen LogP contribution in [0.5, 0.6) is 0 Å². The quantitative estimate of drug-likeness (QED) is 0.599. The van der Waals surface area contributed by atoms with Crippen LogP contribution >= 0.6 is 0 Å². The largest absolute Gasteiger partial charge is 0.0952 e. The van der Waals surface area contributed by atoms with Crippen LogP contribution in [0.1, 0.15) is 24.5 Å². The minimum Gasteiger partial charge on any atom is -0.0952 e. The van der Waals surface area contributed by atoms with Gasteiger partial charge in [0, 0.05) is 0 Å². The van der Waals surface area contributed by atoms with Gasteiger partial charge in [0.05, 0.1) is 0 Å². The van der Waals surface area contributed by atoms with Gasteiger partial charge in [-0.3, -0.25) is 0 Å². The molecule has 0 amide bonds. The molecule has 0 N–H and O–H groups in total. The fraction of sp³-hybridized carbons (Fsp3) is 0.273. The van der Waals surface area contributed by atoms with Crippen LogP contribution < -0.4 is 0 Å². The highest BCUT2D eigenvalue weighted by Crippen LogP contribution is 2.18. The van der Waals surface area contributed by atoms with Crippen molar-refractivity contribution < 1.29 is 0 Å². The maximum atomic E-state index is 4.00. The lowest BCUT2D eigenvalue weighted by Gasteiger charge is -2.05. The highest BCUT2D eigenvalue weighted by Gasteiger charge is 1.97. The number of rotatable bonds is 2. The lowest BCUT2D eigenvalue weighted by atomic mass is 10.0. The fourth-order valence-corrected chi connectivity index (χ4v) is 1.16. The van der Waals surface area contributed by atoms with E-state index in [2.05, 4.69) is 44.7 Å². The van der Waals surface area contributed by atoms with E-state index in [4.69, 9.17) is 0 Å². The number of hydrogen-bond acceptors (Lipinski definition) is 0. The van der Waals surface area contributed by atoms with E-state index in [1.807, 2.05) is 0 Å². The molecule has 0 spiro atoms. The summed E-state index contributed by atoms with van der Waals surface area (Å²) < 4.78 is 0. The van der Waals surface area contributed by atoms with E-state index in [9.17, 15) is 0 Å². The Morgan fingerprint density at radius 3 is 2.55 bits per heavy atom. The van der Waals surface area contributed by atoms with E-state index in [0.717, 1.165) is 6.42 Å². The minimum atomic E-state index is 1.03. The third-order valence-electron chi connectivity index (χ3n) is 1.95. The molecule has 0 aromatic heterocycles. The van der Waals surface area contributed by atoms with Gasteiger partial charge in [0.25, 0.3) is 0 Å². The van der Waals surface area contributed by atoms with Gasteiger partial charge in [-0.05, 0) is 30.0 Å². The van der Waals surface area contributed by atoms with Crippen molar-refractivity contribution >= 4 is 5.57 Å². The van der Waals surface area contributed by atoms with E-state index in [1.54, 1.807) is 0 Å². The highest BCUT2D eigenvalue weighted by molar-refractivity contribution is 5.65. The molecule has 1 aromatic rings. The summed E-state index contributed by atoms with van der Waals surface area (Å²) in [4.78, 5) is 0. The summed E-state index contributed by atoms with van der Waals surface area (Å²) in [7, 11) is 0. The molecule has 11 heavy (non-hydrogen) atoms. The molecular formula is C11H14. The first-order chi connectivity index (χ1) is 5.25. The average Bonchev–Trinajstić information content (AvgIpc) is 2.04. The molecule has 0 atom stereocenters. The summed E-state index contributed by atoms with van der Waals surface area (Å²) in [5.41, 5.74) is 3.84. The Morgan fingerprint density at radius 1 is 1.36 bits per heavy atom. The van der Waals surface area contributed by atoms with Crippen molar-refractivity contribution in [2.75, 3.05) is 0 Å². The maximum Gasteiger partial charge on any atom is -0.0201 e. The first-order valence-electron chi connectivity index (χ1n) is 3.99. The van der Waals surface area contributed by atoms with Crippen LogP contribution in [0, 0.1) is 6.92 Å². The normalized spacial score (nSPS) is 9.64. The second kappa shape index (κ2) is 3.38. The molecule has 58 valence electrons. The van der Waals surface area contributed by atoms with Crippen molar-refractivity contribution in [1.29, 1.82) is 0 Å². The zero-order chi connectivity index (χ0) is 8.27. The van der Waals surface area contributed by atoms with Crippen LogP contribution in [0.4, 0.5) is 0 Å². The third kappa shape index (κ3) is 1.70. The molecule has 1 aromatic carbocycles. The molecule has 0 saturated carbocycles. The number of benzene rings is 1. The second-order valence-corrected chi connectivity index (χ2v) is 2.77. The minimum absolute atomic E-state index is 1.03. The van der Waals surface area contributed by atoms with Gasteiger partial charge in [0.15, 0.2) is 0 Å². The van der Waals surface area contributed by atoms with Crippen molar-refractivity contribution in [2.45, 2.75) is 20.3 Å². The second-order valence-electron chi connectivity index (χ2n) is 2.77. The SMILES string of the molecule is C=C(CC)c1ccccc1C. The van der Waals surface area contributed by atoms with Crippen molar-refractivity contribution in [3.05, 3.63) is 42.0 Å². The monoisotopic (exact) mass is 146 g/mol. The molecule has 0 unspecified atom stereocenters. The van der Waals surface area contributed by atoms with Crippen LogP contribution in [0.3, 0.4) is 0 Å². The summed E-state index contributed by atoms with van der Waals surface area (Å²) in [6.07, 6.45) is 1.03. The van der Waals surface area contributed by atoms with E-state index in [0.29, 0.717) is 0 Å². The van der Waals surface area contributed by atoms with Crippen molar-refractivity contribution in [3.63, 3.8) is 0 Å². The van der Waals surface area contributed by atoms with Gasteiger partial charge in [-0.1, -0.05) is 37.8 Å². The number of aryl methyl sites for hydroxylation is 1. The summed E-state index contributed by atoms with van der Waals surface area (Å²) in [6, 6.07) is 8.36. The van der Waals surface area contributed by atoms with Crippen LogP contribution in [0.25, 0.3) is 5.57 Å². The smallest absolute Gasteiger partial charge is 0.0201 e. The lowest BCUT2D eigenvalue weighted by Crippen LogP contribution is -1.84. The van der Waals surface area contributed by atoms with Crippen LogP contribution in [0.15, 0.2) is 30.8 Å². The van der Waals surface area contributed by atoms with Crippen LogP contribution in [-0.2, 0) is 0 Å². The molecule has 1 rings (SSSR count). The maximum absolute atomic E-state index is 4.00. The Bertz CT molecular complexity index is 258. The summed E-state index contributed by atoms with van der Waals surface area (Å²) in [5, 5.41) is 0. The topological polar surface area (TPSA) is 0 Å². The summed E-state index contributed by atoms with van der Waals surface area (Å²) >= 11 is 0. The molecule has 0 nitrogen and oxygen atoms in total. The lowest BCUT2D eigenvalue weighted by molar-refractivity contribution is 1.23. The molecule has 0 aliphatic carbocycles. The summed E-state index contributed by atoms with van der Waals surface area (Å²) in [6.45, 7) is 8.26.